The molecule has 0 aliphatic rings. The third kappa shape index (κ3) is 3.94. The largest absolute Gasteiger partial charge is 0.327 e. The highest BCUT2D eigenvalue weighted by Crippen LogP contribution is 2.21. The first-order valence-electron chi connectivity index (χ1n) is 8.00. The van der Waals surface area contributed by atoms with Crippen molar-refractivity contribution < 1.29 is 0 Å². The third-order valence-electron chi connectivity index (χ3n) is 4.39. The van der Waals surface area contributed by atoms with Gasteiger partial charge >= 0.3 is 0 Å². The molecule has 21 heavy (non-hydrogen) atoms. The molecule has 0 saturated heterocycles. The molecule has 0 fully saturated rings. The summed E-state index contributed by atoms with van der Waals surface area (Å²) in [4.78, 5) is 0. The van der Waals surface area contributed by atoms with Gasteiger partial charge in [-0.05, 0) is 30.4 Å². The minimum atomic E-state index is 0.0949. The molecule has 0 amide bonds. The first-order chi connectivity index (χ1) is 10.2. The lowest BCUT2D eigenvalue weighted by Crippen LogP contribution is -2.29. The molecule has 0 spiro atoms. The van der Waals surface area contributed by atoms with Gasteiger partial charge in [0.2, 0.25) is 0 Å². The van der Waals surface area contributed by atoms with E-state index in [9.17, 15) is 0 Å². The van der Waals surface area contributed by atoms with Crippen molar-refractivity contribution in [3.8, 4) is 0 Å². The van der Waals surface area contributed by atoms with Crippen LogP contribution in [0.4, 0.5) is 0 Å². The topological polar surface area (TPSA) is 43.8 Å². The van der Waals surface area contributed by atoms with Crippen molar-refractivity contribution in [2.75, 3.05) is 0 Å². The zero-order valence-corrected chi connectivity index (χ0v) is 13.4. The van der Waals surface area contributed by atoms with Crippen molar-refractivity contribution in [2.24, 2.45) is 5.73 Å². The third-order valence-corrected chi connectivity index (χ3v) is 4.39. The number of rotatable bonds is 7. The number of benzene rings is 1. The molecule has 0 aliphatic heterocycles. The minimum Gasteiger partial charge on any atom is -0.327 e. The maximum absolute atomic E-state index is 6.38. The molecule has 114 valence electrons. The van der Waals surface area contributed by atoms with Crippen LogP contribution >= 0.6 is 0 Å². The summed E-state index contributed by atoms with van der Waals surface area (Å²) in [5.74, 6) is 0.337. The monoisotopic (exact) mass is 285 g/mol. The van der Waals surface area contributed by atoms with Crippen molar-refractivity contribution in [3.05, 3.63) is 53.9 Å². The molecule has 0 radical (unpaired) electrons. The summed E-state index contributed by atoms with van der Waals surface area (Å²) >= 11 is 0. The zero-order chi connectivity index (χ0) is 15.2. The van der Waals surface area contributed by atoms with Crippen LogP contribution in [0.2, 0.25) is 0 Å². The molecule has 2 aromatic rings. The van der Waals surface area contributed by atoms with Crippen LogP contribution in [0.1, 0.15) is 56.8 Å². The smallest absolute Gasteiger partial charge is 0.0640 e. The predicted octanol–water partition coefficient (Wildman–Crippen LogP) is 3.92. The molecule has 0 bridgehead atoms. The molecule has 3 heteroatoms. The molecule has 2 rings (SSSR count). The van der Waals surface area contributed by atoms with Crippen LogP contribution in [-0.2, 0) is 6.42 Å². The number of hydrogen-bond donors (Lipinski definition) is 1. The van der Waals surface area contributed by atoms with E-state index in [1.807, 2.05) is 6.07 Å². The summed E-state index contributed by atoms with van der Waals surface area (Å²) in [7, 11) is 0. The second-order valence-corrected chi connectivity index (χ2v) is 5.82. The summed E-state index contributed by atoms with van der Waals surface area (Å²) in [6.07, 6.45) is 5.14. The quantitative estimate of drug-likeness (QED) is 0.838. The fourth-order valence-electron chi connectivity index (χ4n) is 2.77. The molecular formula is C18H27N3. The van der Waals surface area contributed by atoms with Crippen LogP contribution in [0.5, 0.6) is 0 Å². The number of hydrogen-bond acceptors (Lipinski definition) is 2. The summed E-state index contributed by atoms with van der Waals surface area (Å²) in [5.41, 5.74) is 8.77. The van der Waals surface area contributed by atoms with Crippen molar-refractivity contribution in [1.82, 2.24) is 9.78 Å². The van der Waals surface area contributed by atoms with Gasteiger partial charge in [-0.15, -0.1) is 0 Å². The fourth-order valence-corrected chi connectivity index (χ4v) is 2.77. The highest BCUT2D eigenvalue weighted by atomic mass is 15.3. The molecule has 2 N–H and O–H groups in total. The fraction of sp³-hybridized carbons (Fsp3) is 0.500. The van der Waals surface area contributed by atoms with Gasteiger partial charge in [0.25, 0.3) is 0 Å². The van der Waals surface area contributed by atoms with Gasteiger partial charge < -0.3 is 5.73 Å². The van der Waals surface area contributed by atoms with Crippen LogP contribution < -0.4 is 5.73 Å². The summed E-state index contributed by atoms with van der Waals surface area (Å²) in [6, 6.07) is 13.2. The average molecular weight is 285 g/mol. The van der Waals surface area contributed by atoms with E-state index in [2.05, 4.69) is 62.0 Å². The molecule has 2 atom stereocenters. The predicted molar refractivity (Wildman–Crippen MR) is 88.4 cm³/mol. The van der Waals surface area contributed by atoms with Crippen molar-refractivity contribution in [3.63, 3.8) is 0 Å². The normalized spacial score (nSPS) is 14.3. The van der Waals surface area contributed by atoms with E-state index in [4.69, 9.17) is 10.8 Å². The SMILES string of the molecule is CCC(CC)n1ccc(CC(N)C(C)c2ccccc2)n1. The maximum Gasteiger partial charge on any atom is 0.0640 e. The van der Waals surface area contributed by atoms with Gasteiger partial charge in [0.05, 0.1) is 11.7 Å². The van der Waals surface area contributed by atoms with Gasteiger partial charge in [-0.1, -0.05) is 51.1 Å². The Morgan fingerprint density at radius 1 is 1.10 bits per heavy atom. The Bertz CT molecular complexity index is 528. The first-order valence-corrected chi connectivity index (χ1v) is 8.00. The number of nitrogens with two attached hydrogens (primary N) is 1. The second-order valence-electron chi connectivity index (χ2n) is 5.82. The highest BCUT2D eigenvalue weighted by molar-refractivity contribution is 5.21. The Labute approximate surface area is 128 Å². The Hall–Kier alpha value is -1.61. The maximum atomic E-state index is 6.38. The Kier molecular flexibility index (Phi) is 5.57. The molecule has 3 nitrogen and oxygen atoms in total. The van der Waals surface area contributed by atoms with Crippen LogP contribution in [0.25, 0.3) is 0 Å². The van der Waals surface area contributed by atoms with Gasteiger partial charge in [0, 0.05) is 18.7 Å². The van der Waals surface area contributed by atoms with Gasteiger partial charge in [0.1, 0.15) is 0 Å². The van der Waals surface area contributed by atoms with E-state index in [0.717, 1.165) is 25.0 Å². The zero-order valence-electron chi connectivity index (χ0n) is 13.4. The lowest BCUT2D eigenvalue weighted by Gasteiger charge is -2.19. The van der Waals surface area contributed by atoms with Gasteiger partial charge in [-0.2, -0.15) is 5.10 Å². The highest BCUT2D eigenvalue weighted by Gasteiger charge is 2.17. The van der Waals surface area contributed by atoms with Gasteiger partial charge in [0.15, 0.2) is 0 Å². The van der Waals surface area contributed by atoms with E-state index in [-0.39, 0.29) is 6.04 Å². The van der Waals surface area contributed by atoms with Crippen LogP contribution in [0, 0.1) is 0 Å². The minimum absolute atomic E-state index is 0.0949. The van der Waals surface area contributed by atoms with Gasteiger partial charge in [-0.25, -0.2) is 0 Å². The molecular weight excluding hydrogens is 258 g/mol. The van der Waals surface area contributed by atoms with Crippen LogP contribution in [-0.4, -0.2) is 15.8 Å². The Balaban J connectivity index is 2.01. The Morgan fingerprint density at radius 3 is 2.38 bits per heavy atom. The van der Waals surface area contributed by atoms with E-state index >= 15 is 0 Å². The van der Waals surface area contributed by atoms with Gasteiger partial charge in [-0.3, -0.25) is 4.68 Å². The Morgan fingerprint density at radius 2 is 1.76 bits per heavy atom. The molecule has 1 heterocycles. The van der Waals surface area contributed by atoms with E-state index < -0.39 is 0 Å². The summed E-state index contributed by atoms with van der Waals surface area (Å²) in [6.45, 7) is 6.61. The van der Waals surface area contributed by atoms with E-state index in [0.29, 0.717) is 12.0 Å². The molecule has 1 aromatic carbocycles. The van der Waals surface area contributed by atoms with Crippen LogP contribution in [0.15, 0.2) is 42.6 Å². The van der Waals surface area contributed by atoms with E-state index in [1.165, 1.54) is 5.56 Å². The van der Waals surface area contributed by atoms with Crippen LogP contribution in [0.3, 0.4) is 0 Å². The summed E-state index contributed by atoms with van der Waals surface area (Å²) < 4.78 is 2.09. The summed E-state index contributed by atoms with van der Waals surface area (Å²) in [5, 5.41) is 4.70. The average Bonchev–Trinajstić information content (AvgIpc) is 2.97. The van der Waals surface area contributed by atoms with Crippen molar-refractivity contribution in [2.45, 2.75) is 58.0 Å². The molecule has 0 aliphatic carbocycles. The number of aromatic nitrogens is 2. The van der Waals surface area contributed by atoms with Crippen molar-refractivity contribution in [1.29, 1.82) is 0 Å². The molecule has 2 unspecified atom stereocenters. The first kappa shape index (κ1) is 15.8. The van der Waals surface area contributed by atoms with Crippen molar-refractivity contribution >= 4 is 0 Å². The molecule has 0 saturated carbocycles. The lowest BCUT2D eigenvalue weighted by molar-refractivity contribution is 0.423. The second kappa shape index (κ2) is 7.41. The standard InChI is InChI=1S/C18H27N3/c1-4-17(5-2)21-12-11-16(20-21)13-18(19)14(3)15-9-7-6-8-10-15/h6-12,14,17-18H,4-5,13,19H2,1-3H3. The van der Waals surface area contributed by atoms with E-state index in [1.54, 1.807) is 0 Å². The number of nitrogens with zero attached hydrogens (tertiary/aromatic N) is 2. The lowest BCUT2D eigenvalue weighted by atomic mass is 9.91. The molecule has 1 aromatic heterocycles.